The van der Waals surface area contributed by atoms with E-state index < -0.39 is 18.0 Å². The molecule has 0 saturated carbocycles. The predicted molar refractivity (Wildman–Crippen MR) is 95.1 cm³/mol. The van der Waals surface area contributed by atoms with Crippen LogP contribution in [0.3, 0.4) is 0 Å². The van der Waals surface area contributed by atoms with E-state index in [2.05, 4.69) is 4.98 Å². The largest absolute Gasteiger partial charge is 0.461 e. The number of rotatable bonds is 5. The van der Waals surface area contributed by atoms with Gasteiger partial charge < -0.3 is 9.47 Å². The van der Waals surface area contributed by atoms with Crippen molar-refractivity contribution >= 4 is 33.5 Å². The summed E-state index contributed by atoms with van der Waals surface area (Å²) in [5, 5.41) is 0.326. The molecule has 1 unspecified atom stereocenters. The molecule has 0 aliphatic carbocycles. The number of esters is 2. The highest BCUT2D eigenvalue weighted by atomic mass is 32.1. The van der Waals surface area contributed by atoms with Crippen LogP contribution in [0.2, 0.25) is 0 Å². The third-order valence-corrected chi connectivity index (χ3v) is 4.69. The van der Waals surface area contributed by atoms with Gasteiger partial charge in [-0.2, -0.15) is 0 Å². The van der Waals surface area contributed by atoms with E-state index in [9.17, 15) is 14.4 Å². The van der Waals surface area contributed by atoms with Crippen LogP contribution < -0.4 is 5.56 Å². The van der Waals surface area contributed by atoms with Gasteiger partial charge in [0.2, 0.25) is 0 Å². The van der Waals surface area contributed by atoms with Crippen molar-refractivity contribution in [3.63, 3.8) is 0 Å². The van der Waals surface area contributed by atoms with Crippen LogP contribution in [0, 0.1) is 6.92 Å². The number of ether oxygens (including phenoxy) is 2. The lowest BCUT2D eigenvalue weighted by Crippen LogP contribution is -2.30. The van der Waals surface area contributed by atoms with Crippen LogP contribution in [-0.4, -0.2) is 33.7 Å². The van der Waals surface area contributed by atoms with Gasteiger partial charge >= 0.3 is 11.9 Å². The number of nitrogens with zero attached hydrogens (tertiary/aromatic N) is 2. The van der Waals surface area contributed by atoms with Gasteiger partial charge in [0.1, 0.15) is 15.7 Å². The summed E-state index contributed by atoms with van der Waals surface area (Å²) < 4.78 is 11.6. The number of carbonyl (C=O) groups excluding carboxylic acids is 2. The second-order valence-electron chi connectivity index (χ2n) is 6.31. The predicted octanol–water partition coefficient (Wildman–Crippen LogP) is 2.84. The van der Waals surface area contributed by atoms with Gasteiger partial charge in [-0.05, 0) is 47.1 Å². The summed E-state index contributed by atoms with van der Waals surface area (Å²) in [6.45, 7) is 10.3. The van der Waals surface area contributed by atoms with Crippen molar-refractivity contribution in [1.82, 2.24) is 9.55 Å². The van der Waals surface area contributed by atoms with Gasteiger partial charge in [0, 0.05) is 0 Å². The van der Waals surface area contributed by atoms with Gasteiger partial charge in [-0.15, -0.1) is 11.3 Å². The smallest absolute Gasteiger partial charge is 0.348 e. The average molecular weight is 366 g/mol. The molecule has 0 aliphatic heterocycles. The minimum Gasteiger partial charge on any atom is -0.461 e. The van der Waals surface area contributed by atoms with E-state index in [0.717, 1.165) is 11.3 Å². The zero-order valence-corrected chi connectivity index (χ0v) is 16.0. The van der Waals surface area contributed by atoms with Crippen molar-refractivity contribution in [2.45, 2.75) is 59.8 Å². The summed E-state index contributed by atoms with van der Waals surface area (Å²) in [4.78, 5) is 42.1. The molecule has 0 fully saturated rings. The number of aryl methyl sites for hydroxylation is 1. The van der Waals surface area contributed by atoms with Crippen molar-refractivity contribution in [3.05, 3.63) is 27.1 Å². The molecule has 0 N–H and O–H groups in total. The third kappa shape index (κ3) is 3.89. The molecule has 0 saturated heterocycles. The molecule has 2 aromatic heterocycles. The van der Waals surface area contributed by atoms with Gasteiger partial charge in [-0.25, -0.2) is 14.6 Å². The first-order valence-electron chi connectivity index (χ1n) is 8.05. The van der Waals surface area contributed by atoms with Crippen molar-refractivity contribution in [1.29, 1.82) is 0 Å². The molecule has 1 atom stereocenters. The van der Waals surface area contributed by atoms with Gasteiger partial charge in [0.25, 0.3) is 5.56 Å². The summed E-state index contributed by atoms with van der Waals surface area (Å²) >= 11 is 1.11. The number of hydrogen-bond donors (Lipinski definition) is 0. The number of carbonyl (C=O) groups is 2. The molecule has 0 aromatic carbocycles. The topological polar surface area (TPSA) is 87.5 Å². The Morgan fingerprint density at radius 1 is 1.12 bits per heavy atom. The summed E-state index contributed by atoms with van der Waals surface area (Å²) in [6.07, 6.45) is 0.778. The fraction of sp³-hybridized carbons (Fsp3) is 0.529. The standard InChI is InChI=1S/C17H22N2O5S/c1-8(2)23-16(21)11(6)19-7-18-14-12(15(19)20)10(5)13(25-14)17(22)24-9(3)4/h7-9,11H,1-6H3. The van der Waals surface area contributed by atoms with Crippen LogP contribution in [0.4, 0.5) is 0 Å². The fourth-order valence-electron chi connectivity index (χ4n) is 2.32. The van der Waals surface area contributed by atoms with Gasteiger partial charge in [0.15, 0.2) is 0 Å². The quantitative estimate of drug-likeness (QED) is 0.756. The van der Waals surface area contributed by atoms with Gasteiger partial charge in [0.05, 0.1) is 23.9 Å². The van der Waals surface area contributed by atoms with E-state index in [0.29, 0.717) is 20.7 Å². The normalized spacial score (nSPS) is 12.6. The van der Waals surface area contributed by atoms with Crippen LogP contribution in [-0.2, 0) is 14.3 Å². The zero-order valence-electron chi connectivity index (χ0n) is 15.2. The minimum atomic E-state index is -0.808. The second kappa shape index (κ2) is 7.35. The maximum absolute atomic E-state index is 12.8. The SMILES string of the molecule is Cc1c(C(=O)OC(C)C)sc2ncn(C(C)C(=O)OC(C)C)c(=O)c12. The molecule has 2 heterocycles. The summed E-state index contributed by atoms with van der Waals surface area (Å²) in [7, 11) is 0. The Bertz CT molecular complexity index is 866. The molecular weight excluding hydrogens is 344 g/mol. The van der Waals surface area contributed by atoms with E-state index in [1.54, 1.807) is 41.5 Å². The van der Waals surface area contributed by atoms with Crippen LogP contribution in [0.25, 0.3) is 10.2 Å². The van der Waals surface area contributed by atoms with Crippen LogP contribution >= 0.6 is 11.3 Å². The Kier molecular flexibility index (Phi) is 5.62. The molecule has 8 heteroatoms. The van der Waals surface area contributed by atoms with E-state index >= 15 is 0 Å². The molecule has 0 aliphatic rings. The highest BCUT2D eigenvalue weighted by Crippen LogP contribution is 2.28. The lowest BCUT2D eigenvalue weighted by Gasteiger charge is -2.15. The Morgan fingerprint density at radius 3 is 2.28 bits per heavy atom. The molecule has 0 spiro atoms. The first-order valence-corrected chi connectivity index (χ1v) is 8.86. The van der Waals surface area contributed by atoms with Gasteiger partial charge in [-0.1, -0.05) is 0 Å². The van der Waals surface area contributed by atoms with Crippen molar-refractivity contribution in [3.8, 4) is 0 Å². The molecule has 2 aromatic rings. The monoisotopic (exact) mass is 366 g/mol. The summed E-state index contributed by atoms with van der Waals surface area (Å²) in [5.41, 5.74) is 0.137. The fourth-order valence-corrected chi connectivity index (χ4v) is 3.34. The third-order valence-electron chi connectivity index (χ3n) is 3.51. The molecule has 25 heavy (non-hydrogen) atoms. The number of aromatic nitrogens is 2. The van der Waals surface area contributed by atoms with E-state index in [1.165, 1.54) is 10.9 Å². The molecule has 0 radical (unpaired) electrons. The molecule has 0 bridgehead atoms. The first kappa shape index (κ1) is 19.1. The molecule has 2 rings (SSSR count). The Hall–Kier alpha value is -2.22. The summed E-state index contributed by atoms with van der Waals surface area (Å²) in [6, 6.07) is -0.808. The zero-order chi connectivity index (χ0) is 18.9. The summed E-state index contributed by atoms with van der Waals surface area (Å²) in [5.74, 6) is -0.987. The van der Waals surface area contributed by atoms with Crippen molar-refractivity contribution in [2.24, 2.45) is 0 Å². The van der Waals surface area contributed by atoms with Crippen LogP contribution in [0.15, 0.2) is 11.1 Å². The maximum atomic E-state index is 12.8. The van der Waals surface area contributed by atoms with Gasteiger partial charge in [-0.3, -0.25) is 9.36 Å². The Morgan fingerprint density at radius 2 is 1.72 bits per heavy atom. The lowest BCUT2D eigenvalue weighted by molar-refractivity contribution is -0.151. The van der Waals surface area contributed by atoms with E-state index in [-0.39, 0.29) is 17.8 Å². The molecule has 0 amide bonds. The highest BCUT2D eigenvalue weighted by molar-refractivity contribution is 7.20. The minimum absolute atomic E-state index is 0.257. The van der Waals surface area contributed by atoms with Crippen LogP contribution in [0.5, 0.6) is 0 Å². The average Bonchev–Trinajstić information content (AvgIpc) is 2.83. The Labute approximate surface area is 149 Å². The van der Waals surface area contributed by atoms with Crippen LogP contribution in [0.1, 0.15) is 55.9 Å². The lowest BCUT2D eigenvalue weighted by atomic mass is 10.2. The van der Waals surface area contributed by atoms with Crippen molar-refractivity contribution < 1.29 is 19.1 Å². The number of fused-ring (bicyclic) bond motifs is 1. The number of hydrogen-bond acceptors (Lipinski definition) is 7. The molecular formula is C17H22N2O5S. The van der Waals surface area contributed by atoms with E-state index in [4.69, 9.17) is 9.47 Å². The molecule has 136 valence electrons. The number of thiophene rings is 1. The first-order chi connectivity index (χ1) is 11.6. The molecule has 7 nitrogen and oxygen atoms in total. The Balaban J connectivity index is 2.49. The second-order valence-corrected chi connectivity index (χ2v) is 7.31. The highest BCUT2D eigenvalue weighted by Gasteiger charge is 2.24. The van der Waals surface area contributed by atoms with Crippen molar-refractivity contribution in [2.75, 3.05) is 0 Å². The van der Waals surface area contributed by atoms with E-state index in [1.807, 2.05) is 0 Å². The maximum Gasteiger partial charge on any atom is 0.348 e.